The summed E-state index contributed by atoms with van der Waals surface area (Å²) in [4.78, 5) is 19.1. The molecule has 1 fully saturated rings. The number of hydrogen-bond donors (Lipinski definition) is 2. The minimum Gasteiger partial charge on any atom is -0.494 e. The number of pyridine rings is 1. The number of likely N-dealkylation sites (N-methyl/N-ethyl adjacent to an activating group) is 1. The predicted molar refractivity (Wildman–Crippen MR) is 142 cm³/mol. The molecule has 180 valence electrons. The highest BCUT2D eigenvalue weighted by Crippen LogP contribution is 2.36. The van der Waals surface area contributed by atoms with Gasteiger partial charge in [0, 0.05) is 68.5 Å². The van der Waals surface area contributed by atoms with Gasteiger partial charge in [-0.3, -0.25) is 0 Å². The zero-order valence-electron chi connectivity index (χ0n) is 22.8. The fraction of sp³-hybridized carbons (Fsp3) is 0.375. The molecule has 1 aromatic carbocycles. The molecule has 4 rings (SSSR count). The highest BCUT2D eigenvalue weighted by Gasteiger charge is 2.19. The van der Waals surface area contributed by atoms with Crippen LogP contribution in [0.5, 0.6) is 5.75 Å². The minimum atomic E-state index is -2.34. The van der Waals surface area contributed by atoms with Crippen molar-refractivity contribution in [2.75, 3.05) is 74.8 Å². The number of nitrogens with zero attached hydrogens (tertiary/aromatic N) is 6. The van der Waals surface area contributed by atoms with Crippen molar-refractivity contribution < 1.29 is 8.85 Å². The molecule has 0 radical (unpaired) electrons. The molecule has 10 heteroatoms. The Hall–Kier alpha value is -3.11. The molecule has 2 aromatic heterocycles. The van der Waals surface area contributed by atoms with Gasteiger partial charge in [0.15, 0.2) is 5.82 Å². The van der Waals surface area contributed by atoms with Gasteiger partial charge in [-0.15, -0.1) is 0 Å². The van der Waals surface area contributed by atoms with Crippen LogP contribution in [0.15, 0.2) is 41.1 Å². The van der Waals surface area contributed by atoms with Crippen LogP contribution in [0.4, 0.5) is 34.6 Å². The maximum absolute atomic E-state index is 7.73. The number of halogens is 1. The van der Waals surface area contributed by atoms with Crippen molar-refractivity contribution in [2.45, 2.75) is 6.92 Å². The fourth-order valence-electron chi connectivity index (χ4n) is 3.86. The summed E-state index contributed by atoms with van der Waals surface area (Å²) in [6.45, 7) is 3.71. The second-order valence-electron chi connectivity index (χ2n) is 8.20. The summed E-state index contributed by atoms with van der Waals surface area (Å²) in [5, 5.41) is 6.45. The number of hydrogen-bond acceptors (Lipinski definition) is 9. The van der Waals surface area contributed by atoms with Crippen LogP contribution in [0.25, 0.3) is 0 Å². The molecule has 0 bridgehead atoms. The molecule has 0 saturated carbocycles. The molecule has 1 aliphatic heterocycles. The number of nitrogens with one attached hydrogen (secondary N) is 2. The summed E-state index contributed by atoms with van der Waals surface area (Å²) in [6.07, 6.45) is 3.17. The molecule has 0 spiro atoms. The van der Waals surface area contributed by atoms with Gasteiger partial charge in [-0.05, 0) is 53.7 Å². The molecule has 3 aromatic rings. The van der Waals surface area contributed by atoms with Gasteiger partial charge in [0.1, 0.15) is 11.6 Å². The Morgan fingerprint density at radius 3 is 2.68 bits per heavy atom. The van der Waals surface area contributed by atoms with Crippen LogP contribution in [0, 0.1) is 6.92 Å². The van der Waals surface area contributed by atoms with Crippen LogP contribution in [0.1, 0.15) is 9.68 Å². The summed E-state index contributed by atoms with van der Waals surface area (Å²) in [6, 6.07) is 7.56. The number of anilines is 6. The van der Waals surface area contributed by atoms with E-state index < -0.39 is 6.98 Å². The first-order valence-electron chi connectivity index (χ1n) is 12.4. The monoisotopic (exact) mass is 529 g/mol. The molecule has 2 N–H and O–H groups in total. The molecule has 0 unspecified atom stereocenters. The summed E-state index contributed by atoms with van der Waals surface area (Å²) < 4.78 is 29.5. The van der Waals surface area contributed by atoms with Crippen molar-refractivity contribution in [2.24, 2.45) is 0 Å². The number of ether oxygens (including phenoxy) is 1. The van der Waals surface area contributed by atoms with Crippen LogP contribution < -0.4 is 25.2 Å². The SMILES string of the molecule is [2H]C([2H])([2H])N(C)c1ncccc1Nc1nc(Nc2cc(C)c(N3CCN(C)CC3)cc2OC)ncc1Br. The Kier molecular flexibility index (Phi) is 6.23. The van der Waals surface area contributed by atoms with Crippen LogP contribution in [-0.4, -0.2) is 74.2 Å². The van der Waals surface area contributed by atoms with E-state index in [1.54, 1.807) is 31.6 Å². The number of aryl methyl sites for hydroxylation is 1. The Labute approximate surface area is 213 Å². The lowest BCUT2D eigenvalue weighted by Gasteiger charge is -2.35. The summed E-state index contributed by atoms with van der Waals surface area (Å²) in [5.41, 5.74) is 3.51. The highest BCUT2D eigenvalue weighted by atomic mass is 79.9. The lowest BCUT2D eigenvalue weighted by molar-refractivity contribution is 0.312. The maximum atomic E-state index is 7.73. The lowest BCUT2D eigenvalue weighted by Crippen LogP contribution is -2.44. The molecular weight excluding hydrogens is 496 g/mol. The lowest BCUT2D eigenvalue weighted by atomic mass is 10.1. The molecule has 1 aliphatic rings. The van der Waals surface area contributed by atoms with Crippen molar-refractivity contribution in [3.05, 3.63) is 46.7 Å². The van der Waals surface area contributed by atoms with E-state index in [1.807, 2.05) is 12.1 Å². The Morgan fingerprint density at radius 1 is 1.15 bits per heavy atom. The first-order valence-corrected chi connectivity index (χ1v) is 11.7. The normalized spacial score (nSPS) is 15.8. The topological polar surface area (TPSA) is 81.7 Å². The maximum Gasteiger partial charge on any atom is 0.229 e. The van der Waals surface area contributed by atoms with Gasteiger partial charge in [0.2, 0.25) is 5.95 Å². The third-order valence-electron chi connectivity index (χ3n) is 5.71. The smallest absolute Gasteiger partial charge is 0.229 e. The second-order valence-corrected chi connectivity index (χ2v) is 9.06. The summed E-state index contributed by atoms with van der Waals surface area (Å²) in [7, 11) is 5.26. The summed E-state index contributed by atoms with van der Waals surface area (Å²) in [5.74, 6) is 1.77. The zero-order chi connectivity index (χ0) is 26.7. The van der Waals surface area contributed by atoms with Gasteiger partial charge in [0.05, 0.1) is 23.0 Å². The molecule has 34 heavy (non-hydrogen) atoms. The van der Waals surface area contributed by atoms with Crippen molar-refractivity contribution in [1.82, 2.24) is 19.9 Å². The molecule has 9 nitrogen and oxygen atoms in total. The van der Waals surface area contributed by atoms with Crippen LogP contribution in [-0.2, 0) is 0 Å². The standard InChI is InChI=1S/C24H31BrN8O/c1-16-13-19(21(34-5)14-20(16)33-11-9-32(4)10-12-33)29-24-27-15-17(25)22(30-24)28-18-7-6-8-26-23(18)31(2)3/h6-8,13-15H,9-12H2,1-5H3,(H2,27,28,29,30)/i2D3. The predicted octanol–water partition coefficient (Wildman–Crippen LogP) is 4.26. The van der Waals surface area contributed by atoms with Crippen molar-refractivity contribution in [1.29, 1.82) is 0 Å². The molecule has 0 atom stereocenters. The molecule has 1 saturated heterocycles. The quantitative estimate of drug-likeness (QED) is 0.466. The molecule has 3 heterocycles. The van der Waals surface area contributed by atoms with Gasteiger partial charge >= 0.3 is 0 Å². The van der Waals surface area contributed by atoms with Gasteiger partial charge in [0.25, 0.3) is 0 Å². The van der Waals surface area contributed by atoms with E-state index in [0.29, 0.717) is 27.7 Å². The second kappa shape index (κ2) is 10.4. The number of methoxy groups -OCH3 is 1. The number of piperazine rings is 1. The highest BCUT2D eigenvalue weighted by molar-refractivity contribution is 9.10. The van der Waals surface area contributed by atoms with Crippen molar-refractivity contribution >= 4 is 50.6 Å². The van der Waals surface area contributed by atoms with Crippen LogP contribution >= 0.6 is 15.9 Å². The molecule has 0 amide bonds. The van der Waals surface area contributed by atoms with E-state index in [-0.39, 0.29) is 5.82 Å². The van der Waals surface area contributed by atoms with Gasteiger partial charge < -0.3 is 30.1 Å². The van der Waals surface area contributed by atoms with E-state index in [1.165, 1.54) is 7.05 Å². The van der Waals surface area contributed by atoms with E-state index in [2.05, 4.69) is 65.3 Å². The third-order valence-corrected chi connectivity index (χ3v) is 6.29. The van der Waals surface area contributed by atoms with Crippen LogP contribution in [0.2, 0.25) is 0 Å². The average Bonchev–Trinajstić information content (AvgIpc) is 2.86. The van der Waals surface area contributed by atoms with E-state index in [4.69, 9.17) is 8.85 Å². The van der Waals surface area contributed by atoms with Crippen molar-refractivity contribution in [3.63, 3.8) is 0 Å². The number of benzene rings is 1. The molecular formula is C24H31BrN8O. The summed E-state index contributed by atoms with van der Waals surface area (Å²) >= 11 is 3.48. The minimum absolute atomic E-state index is 0.277. The zero-order valence-corrected chi connectivity index (χ0v) is 21.3. The third kappa shape index (κ3) is 5.34. The van der Waals surface area contributed by atoms with E-state index in [0.717, 1.165) is 48.0 Å². The van der Waals surface area contributed by atoms with Gasteiger partial charge in [-0.25, -0.2) is 9.97 Å². The first kappa shape index (κ1) is 20.3. The van der Waals surface area contributed by atoms with Crippen molar-refractivity contribution in [3.8, 4) is 5.75 Å². The number of aromatic nitrogens is 3. The molecule has 0 aliphatic carbocycles. The van der Waals surface area contributed by atoms with E-state index >= 15 is 0 Å². The van der Waals surface area contributed by atoms with Crippen LogP contribution in [0.3, 0.4) is 0 Å². The number of rotatable bonds is 7. The average molecular weight is 530 g/mol. The Morgan fingerprint density at radius 2 is 1.94 bits per heavy atom. The first-order chi connectivity index (χ1) is 17.6. The Balaban J connectivity index is 1.59. The van der Waals surface area contributed by atoms with Gasteiger partial charge in [-0.2, -0.15) is 4.98 Å². The largest absolute Gasteiger partial charge is 0.494 e. The van der Waals surface area contributed by atoms with Gasteiger partial charge in [-0.1, -0.05) is 0 Å². The van der Waals surface area contributed by atoms with E-state index in [9.17, 15) is 0 Å². The fourth-order valence-corrected chi connectivity index (χ4v) is 4.15. The Bertz CT molecular complexity index is 1250.